The molecule has 140 valence electrons. The molecule has 0 radical (unpaired) electrons. The van der Waals surface area contributed by atoms with Crippen LogP contribution in [0.25, 0.3) is 0 Å². The highest BCUT2D eigenvalue weighted by Crippen LogP contribution is 2.30. The van der Waals surface area contributed by atoms with Crippen molar-refractivity contribution in [2.75, 3.05) is 29.6 Å². The van der Waals surface area contributed by atoms with Crippen LogP contribution in [0, 0.1) is 11.3 Å². The van der Waals surface area contributed by atoms with E-state index in [2.05, 4.69) is 10.6 Å². The van der Waals surface area contributed by atoms with Crippen LogP contribution in [0.2, 0.25) is 0 Å². The first-order valence-electron chi connectivity index (χ1n) is 7.83. The summed E-state index contributed by atoms with van der Waals surface area (Å²) < 4.78 is 38.2. The minimum Gasteiger partial charge on any atom is -0.378 e. The summed E-state index contributed by atoms with van der Waals surface area (Å²) in [5.41, 5.74) is 0.421. The lowest BCUT2D eigenvalue weighted by Gasteiger charge is -2.12. The first-order valence-corrected chi connectivity index (χ1v) is 7.83. The quantitative estimate of drug-likeness (QED) is 0.607. The number of rotatable bonds is 5. The van der Waals surface area contributed by atoms with Crippen molar-refractivity contribution in [1.82, 2.24) is 0 Å². The second-order valence-corrected chi connectivity index (χ2v) is 5.79. The largest absolute Gasteiger partial charge is 0.416 e. The molecule has 0 bridgehead atoms. The number of nitriles is 1. The molecule has 5 nitrogen and oxygen atoms in total. The van der Waals surface area contributed by atoms with Gasteiger partial charge in [0.1, 0.15) is 11.6 Å². The van der Waals surface area contributed by atoms with Gasteiger partial charge in [-0.05, 0) is 42.5 Å². The fourth-order valence-electron chi connectivity index (χ4n) is 2.13. The van der Waals surface area contributed by atoms with E-state index in [4.69, 9.17) is 5.26 Å². The Morgan fingerprint density at radius 1 is 1.11 bits per heavy atom. The van der Waals surface area contributed by atoms with Gasteiger partial charge in [-0.15, -0.1) is 0 Å². The second-order valence-electron chi connectivity index (χ2n) is 5.79. The number of carbonyl (C=O) groups excluding carboxylic acids is 1. The lowest BCUT2D eigenvalue weighted by Crippen LogP contribution is -2.15. The van der Waals surface area contributed by atoms with Gasteiger partial charge in [0.05, 0.1) is 5.56 Å². The Morgan fingerprint density at radius 3 is 2.33 bits per heavy atom. The van der Waals surface area contributed by atoms with Gasteiger partial charge in [-0.25, -0.2) is 0 Å². The van der Waals surface area contributed by atoms with Gasteiger partial charge < -0.3 is 15.5 Å². The number of anilines is 3. The number of hydrogen-bond donors (Lipinski definition) is 2. The van der Waals surface area contributed by atoms with E-state index < -0.39 is 17.6 Å². The monoisotopic (exact) mass is 374 g/mol. The summed E-state index contributed by atoms with van der Waals surface area (Å²) in [6.07, 6.45) is -3.32. The molecule has 2 aromatic carbocycles. The summed E-state index contributed by atoms with van der Waals surface area (Å²) in [7, 11) is 3.79. The van der Waals surface area contributed by atoms with E-state index in [1.807, 2.05) is 31.1 Å². The molecule has 1 amide bonds. The molecule has 0 aliphatic heterocycles. The number of nitrogens with zero attached hydrogens (tertiary/aromatic N) is 2. The van der Waals surface area contributed by atoms with Crippen LogP contribution in [0.15, 0.2) is 60.3 Å². The Bertz CT molecular complexity index is 881. The van der Waals surface area contributed by atoms with Crippen LogP contribution in [-0.4, -0.2) is 20.0 Å². The number of hydrogen-bond acceptors (Lipinski definition) is 4. The van der Waals surface area contributed by atoms with E-state index in [1.165, 1.54) is 18.3 Å². The molecule has 0 aromatic heterocycles. The molecular formula is C19H17F3N4O. The summed E-state index contributed by atoms with van der Waals surface area (Å²) in [5.74, 6) is -0.811. The van der Waals surface area contributed by atoms with Gasteiger partial charge in [0.2, 0.25) is 0 Å². The van der Waals surface area contributed by atoms with Crippen molar-refractivity contribution >= 4 is 23.0 Å². The number of alkyl halides is 3. The topological polar surface area (TPSA) is 68.2 Å². The zero-order valence-electron chi connectivity index (χ0n) is 14.6. The molecule has 0 spiro atoms. The lowest BCUT2D eigenvalue weighted by molar-refractivity contribution is -0.137. The normalized spacial score (nSPS) is 11.5. The highest BCUT2D eigenvalue weighted by Gasteiger charge is 2.30. The lowest BCUT2D eigenvalue weighted by atomic mass is 10.2. The number of benzene rings is 2. The molecule has 0 atom stereocenters. The van der Waals surface area contributed by atoms with E-state index in [1.54, 1.807) is 18.2 Å². The average molecular weight is 374 g/mol. The molecule has 0 fully saturated rings. The summed E-state index contributed by atoms with van der Waals surface area (Å²) in [5, 5.41) is 14.3. The van der Waals surface area contributed by atoms with Crippen LogP contribution in [0.5, 0.6) is 0 Å². The maximum atomic E-state index is 12.7. The third-order valence-electron chi connectivity index (χ3n) is 3.58. The van der Waals surface area contributed by atoms with Gasteiger partial charge in [0.25, 0.3) is 5.91 Å². The van der Waals surface area contributed by atoms with Gasteiger partial charge in [-0.1, -0.05) is 6.07 Å². The zero-order chi connectivity index (χ0) is 20.0. The Morgan fingerprint density at radius 2 is 1.78 bits per heavy atom. The standard InChI is InChI=1S/C19H17F3N4O/c1-26(2)17-8-6-15(7-9-17)24-12-13(11-23)18(27)25-16-5-3-4-14(10-16)19(20,21)22/h3-10,12,24H,1-2H3,(H,25,27)/b13-12-. The van der Waals surface area contributed by atoms with Gasteiger partial charge in [0, 0.05) is 37.4 Å². The van der Waals surface area contributed by atoms with Crippen molar-refractivity contribution in [1.29, 1.82) is 5.26 Å². The van der Waals surface area contributed by atoms with Crippen molar-refractivity contribution in [3.8, 4) is 6.07 Å². The molecule has 0 saturated heterocycles. The Kier molecular flexibility index (Phi) is 6.08. The first kappa shape index (κ1) is 19.8. The third kappa shape index (κ3) is 5.51. The minimum atomic E-state index is -4.52. The summed E-state index contributed by atoms with van der Waals surface area (Å²) in [6, 6.07) is 13.2. The van der Waals surface area contributed by atoms with E-state index in [-0.39, 0.29) is 11.3 Å². The fourth-order valence-corrected chi connectivity index (χ4v) is 2.13. The van der Waals surface area contributed by atoms with Crippen molar-refractivity contribution in [2.45, 2.75) is 6.18 Å². The van der Waals surface area contributed by atoms with Gasteiger partial charge in [-0.3, -0.25) is 4.79 Å². The first-order chi connectivity index (χ1) is 12.7. The van der Waals surface area contributed by atoms with Crippen molar-refractivity contribution < 1.29 is 18.0 Å². The van der Waals surface area contributed by atoms with Gasteiger partial charge >= 0.3 is 6.18 Å². The molecule has 0 saturated carbocycles. The van der Waals surface area contributed by atoms with Crippen LogP contribution >= 0.6 is 0 Å². The molecule has 0 aliphatic rings. The van der Waals surface area contributed by atoms with Crippen molar-refractivity contribution in [2.24, 2.45) is 0 Å². The van der Waals surface area contributed by atoms with E-state index >= 15 is 0 Å². The zero-order valence-corrected chi connectivity index (χ0v) is 14.6. The Balaban J connectivity index is 2.09. The van der Waals surface area contributed by atoms with Crippen LogP contribution < -0.4 is 15.5 Å². The van der Waals surface area contributed by atoms with Crippen LogP contribution in [0.3, 0.4) is 0 Å². The number of amides is 1. The third-order valence-corrected chi connectivity index (χ3v) is 3.58. The molecule has 0 unspecified atom stereocenters. The predicted octanol–water partition coefficient (Wildman–Crippen LogP) is 4.23. The van der Waals surface area contributed by atoms with E-state index in [0.717, 1.165) is 17.8 Å². The predicted molar refractivity (Wildman–Crippen MR) is 98.2 cm³/mol. The Labute approximate surface area is 154 Å². The maximum Gasteiger partial charge on any atom is 0.416 e. The van der Waals surface area contributed by atoms with Crippen molar-refractivity contribution in [3.05, 3.63) is 65.9 Å². The molecule has 0 aliphatic carbocycles. The highest BCUT2D eigenvalue weighted by atomic mass is 19.4. The SMILES string of the molecule is CN(C)c1ccc(N/C=C(/C#N)C(=O)Nc2cccc(C(F)(F)F)c2)cc1. The average Bonchev–Trinajstić information content (AvgIpc) is 2.62. The van der Waals surface area contributed by atoms with Crippen LogP contribution in [0.4, 0.5) is 30.2 Å². The molecule has 0 heterocycles. The summed E-state index contributed by atoms with van der Waals surface area (Å²) in [6.45, 7) is 0. The molecule has 27 heavy (non-hydrogen) atoms. The van der Waals surface area contributed by atoms with E-state index in [9.17, 15) is 18.0 Å². The van der Waals surface area contributed by atoms with Gasteiger partial charge in [0.15, 0.2) is 0 Å². The fraction of sp³-hybridized carbons (Fsp3) is 0.158. The van der Waals surface area contributed by atoms with Crippen LogP contribution in [-0.2, 0) is 11.0 Å². The van der Waals surface area contributed by atoms with Crippen molar-refractivity contribution in [3.63, 3.8) is 0 Å². The van der Waals surface area contributed by atoms with Gasteiger partial charge in [-0.2, -0.15) is 18.4 Å². The molecule has 2 rings (SSSR count). The molecule has 8 heteroatoms. The Hall–Kier alpha value is -3.47. The summed E-state index contributed by atoms with van der Waals surface area (Å²) in [4.78, 5) is 14.1. The minimum absolute atomic E-state index is 0.0497. The number of carbonyl (C=O) groups is 1. The highest BCUT2D eigenvalue weighted by molar-refractivity contribution is 6.06. The number of nitrogens with one attached hydrogen (secondary N) is 2. The maximum absolute atomic E-state index is 12.7. The molecular weight excluding hydrogens is 357 g/mol. The second kappa shape index (κ2) is 8.27. The van der Waals surface area contributed by atoms with Crippen LogP contribution in [0.1, 0.15) is 5.56 Å². The molecule has 2 aromatic rings. The summed E-state index contributed by atoms with van der Waals surface area (Å²) >= 11 is 0. The smallest absolute Gasteiger partial charge is 0.378 e. The molecule has 2 N–H and O–H groups in total. The number of halogens is 3. The van der Waals surface area contributed by atoms with E-state index in [0.29, 0.717) is 5.69 Å².